The third-order valence-corrected chi connectivity index (χ3v) is 7.15. The van der Waals surface area contributed by atoms with E-state index < -0.39 is 0 Å². The number of aliphatic hydroxyl groups excluding tert-OH is 1. The van der Waals surface area contributed by atoms with E-state index in [2.05, 4.69) is 40.7 Å². The Morgan fingerprint density at radius 2 is 1.80 bits per heavy atom. The summed E-state index contributed by atoms with van der Waals surface area (Å²) in [5.74, 6) is 2.78. The van der Waals surface area contributed by atoms with Crippen molar-refractivity contribution in [2.24, 2.45) is 11.3 Å². The summed E-state index contributed by atoms with van der Waals surface area (Å²) >= 11 is 0. The molecule has 1 aromatic carbocycles. The van der Waals surface area contributed by atoms with Gasteiger partial charge in [-0.3, -0.25) is 0 Å². The van der Waals surface area contributed by atoms with Gasteiger partial charge < -0.3 is 14.6 Å². The lowest BCUT2D eigenvalue weighted by molar-refractivity contribution is -0.0732. The SMILES string of the molecule is COc1cc2c(c(OC)c1C(C)C)CCC1C2(C)CCC(O)C1(C)C. The summed E-state index contributed by atoms with van der Waals surface area (Å²) in [6.45, 7) is 11.3. The molecule has 1 N–H and O–H groups in total. The molecule has 1 fully saturated rings. The fourth-order valence-corrected chi connectivity index (χ4v) is 5.74. The van der Waals surface area contributed by atoms with Crippen molar-refractivity contribution in [2.45, 2.75) is 77.7 Å². The van der Waals surface area contributed by atoms with Crippen LogP contribution in [0.2, 0.25) is 0 Å². The molecule has 1 aromatic rings. The molecule has 2 aliphatic carbocycles. The zero-order chi connectivity index (χ0) is 18.6. The highest BCUT2D eigenvalue weighted by Gasteiger charge is 2.54. The monoisotopic (exact) mass is 346 g/mol. The Hall–Kier alpha value is -1.22. The molecular formula is C22H34O3. The molecule has 0 aromatic heterocycles. The molecule has 0 amide bonds. The third-order valence-electron chi connectivity index (χ3n) is 7.15. The van der Waals surface area contributed by atoms with Crippen LogP contribution in [0.4, 0.5) is 0 Å². The lowest BCUT2D eigenvalue weighted by atomic mass is 9.49. The molecule has 2 aliphatic rings. The minimum absolute atomic E-state index is 0.0619. The van der Waals surface area contributed by atoms with Gasteiger partial charge in [-0.1, -0.05) is 34.6 Å². The molecule has 1 saturated carbocycles. The normalized spacial score (nSPS) is 30.6. The van der Waals surface area contributed by atoms with Crippen LogP contribution in [0.15, 0.2) is 6.07 Å². The predicted molar refractivity (Wildman–Crippen MR) is 102 cm³/mol. The second kappa shape index (κ2) is 6.19. The maximum absolute atomic E-state index is 10.6. The fraction of sp³-hybridized carbons (Fsp3) is 0.727. The summed E-state index contributed by atoms with van der Waals surface area (Å²) in [4.78, 5) is 0. The van der Waals surface area contributed by atoms with E-state index >= 15 is 0 Å². The first-order valence-corrected chi connectivity index (χ1v) is 9.64. The van der Waals surface area contributed by atoms with Crippen LogP contribution in [-0.2, 0) is 11.8 Å². The van der Waals surface area contributed by atoms with Crippen LogP contribution in [0.3, 0.4) is 0 Å². The van der Waals surface area contributed by atoms with Crippen LogP contribution in [0.25, 0.3) is 0 Å². The van der Waals surface area contributed by atoms with Gasteiger partial charge in [0.2, 0.25) is 0 Å². The molecule has 3 atom stereocenters. The highest BCUT2D eigenvalue weighted by atomic mass is 16.5. The van der Waals surface area contributed by atoms with Crippen LogP contribution in [-0.4, -0.2) is 25.4 Å². The van der Waals surface area contributed by atoms with Gasteiger partial charge in [-0.25, -0.2) is 0 Å². The van der Waals surface area contributed by atoms with E-state index in [1.165, 1.54) is 16.7 Å². The zero-order valence-electron chi connectivity index (χ0n) is 16.9. The van der Waals surface area contributed by atoms with Gasteiger partial charge in [0.1, 0.15) is 11.5 Å². The zero-order valence-corrected chi connectivity index (χ0v) is 16.9. The second-order valence-electron chi connectivity index (χ2n) is 9.09. The van der Waals surface area contributed by atoms with Crippen molar-refractivity contribution < 1.29 is 14.6 Å². The first-order valence-electron chi connectivity index (χ1n) is 9.64. The first-order chi connectivity index (χ1) is 11.7. The first kappa shape index (κ1) is 18.6. The number of rotatable bonds is 3. The third kappa shape index (κ3) is 2.58. The van der Waals surface area contributed by atoms with Crippen molar-refractivity contribution in [1.29, 1.82) is 0 Å². The molecule has 3 nitrogen and oxygen atoms in total. The van der Waals surface area contributed by atoms with Gasteiger partial charge in [-0.15, -0.1) is 0 Å². The van der Waals surface area contributed by atoms with Crippen molar-refractivity contribution in [3.05, 3.63) is 22.8 Å². The van der Waals surface area contributed by atoms with Gasteiger partial charge in [-0.05, 0) is 65.5 Å². The fourth-order valence-electron chi connectivity index (χ4n) is 5.74. The standard InChI is InChI=1S/C22H34O3/c1-13(2)19-16(24-6)12-15-14(20(19)25-7)8-9-17-21(3,4)18(23)10-11-22(15,17)5/h12-13,17-18,23H,8-11H2,1-7H3. The van der Waals surface area contributed by atoms with Crippen molar-refractivity contribution in [3.63, 3.8) is 0 Å². The van der Waals surface area contributed by atoms with E-state index in [9.17, 15) is 5.11 Å². The van der Waals surface area contributed by atoms with Crippen LogP contribution in [0.1, 0.15) is 76.5 Å². The lowest BCUT2D eigenvalue weighted by Gasteiger charge is -2.56. The van der Waals surface area contributed by atoms with Crippen molar-refractivity contribution in [2.75, 3.05) is 14.2 Å². The van der Waals surface area contributed by atoms with Gasteiger partial charge in [0.05, 0.1) is 20.3 Å². The Balaban J connectivity index is 2.23. The molecule has 0 heterocycles. The number of ether oxygens (including phenoxy) is 2. The summed E-state index contributed by atoms with van der Waals surface area (Å²) in [5.41, 5.74) is 3.91. The molecule has 3 unspecified atom stereocenters. The van der Waals surface area contributed by atoms with E-state index in [1.54, 1.807) is 14.2 Å². The molecule has 3 heteroatoms. The van der Waals surface area contributed by atoms with Gasteiger partial charge >= 0.3 is 0 Å². The summed E-state index contributed by atoms with van der Waals surface area (Å²) in [6.07, 6.45) is 3.77. The molecule has 140 valence electrons. The highest BCUT2D eigenvalue weighted by Crippen LogP contribution is 2.59. The van der Waals surface area contributed by atoms with E-state index in [0.717, 1.165) is 37.2 Å². The van der Waals surface area contributed by atoms with Crippen LogP contribution in [0, 0.1) is 11.3 Å². The maximum Gasteiger partial charge on any atom is 0.129 e. The molecule has 3 rings (SSSR count). The number of fused-ring (bicyclic) bond motifs is 3. The Kier molecular flexibility index (Phi) is 4.60. The molecule has 0 radical (unpaired) electrons. The number of aliphatic hydroxyl groups is 1. The van der Waals surface area contributed by atoms with Gasteiger partial charge in [0, 0.05) is 5.56 Å². The smallest absolute Gasteiger partial charge is 0.129 e. The topological polar surface area (TPSA) is 38.7 Å². The van der Waals surface area contributed by atoms with Crippen molar-refractivity contribution >= 4 is 0 Å². The van der Waals surface area contributed by atoms with Crippen LogP contribution < -0.4 is 9.47 Å². The minimum atomic E-state index is -0.217. The lowest BCUT2D eigenvalue weighted by Crippen LogP contribution is -2.53. The Morgan fingerprint density at radius 1 is 1.12 bits per heavy atom. The number of hydrogen-bond acceptors (Lipinski definition) is 3. The van der Waals surface area contributed by atoms with Gasteiger partial charge in [0.15, 0.2) is 0 Å². The summed E-state index contributed by atoms with van der Waals surface area (Å²) in [6, 6.07) is 2.27. The number of methoxy groups -OCH3 is 2. The predicted octanol–water partition coefficient (Wildman–Crippen LogP) is 4.83. The Labute approximate surface area is 152 Å². The summed E-state index contributed by atoms with van der Waals surface area (Å²) in [7, 11) is 3.54. The van der Waals surface area contributed by atoms with Crippen molar-refractivity contribution in [1.82, 2.24) is 0 Å². The van der Waals surface area contributed by atoms with Gasteiger partial charge in [-0.2, -0.15) is 0 Å². The largest absolute Gasteiger partial charge is 0.496 e. The molecular weight excluding hydrogens is 312 g/mol. The summed E-state index contributed by atoms with van der Waals surface area (Å²) < 4.78 is 11.7. The maximum atomic E-state index is 10.6. The number of benzene rings is 1. The van der Waals surface area contributed by atoms with E-state index in [-0.39, 0.29) is 16.9 Å². The van der Waals surface area contributed by atoms with Gasteiger partial charge in [0.25, 0.3) is 0 Å². The van der Waals surface area contributed by atoms with E-state index in [4.69, 9.17) is 9.47 Å². The second-order valence-corrected chi connectivity index (χ2v) is 9.09. The van der Waals surface area contributed by atoms with E-state index in [1.807, 2.05) is 0 Å². The average Bonchev–Trinajstić information content (AvgIpc) is 2.56. The highest BCUT2D eigenvalue weighted by molar-refractivity contribution is 5.59. The number of hydrogen-bond donors (Lipinski definition) is 1. The summed E-state index contributed by atoms with van der Waals surface area (Å²) in [5, 5.41) is 10.6. The molecule has 0 aliphatic heterocycles. The minimum Gasteiger partial charge on any atom is -0.496 e. The molecule has 25 heavy (non-hydrogen) atoms. The Morgan fingerprint density at radius 3 is 2.36 bits per heavy atom. The van der Waals surface area contributed by atoms with Crippen molar-refractivity contribution in [3.8, 4) is 11.5 Å². The molecule has 0 bridgehead atoms. The molecule has 0 saturated heterocycles. The van der Waals surface area contributed by atoms with Crippen LogP contribution in [0.5, 0.6) is 11.5 Å². The van der Waals surface area contributed by atoms with E-state index in [0.29, 0.717) is 11.8 Å². The quantitative estimate of drug-likeness (QED) is 0.852. The average molecular weight is 347 g/mol. The van der Waals surface area contributed by atoms with Crippen LogP contribution >= 0.6 is 0 Å². The Bertz CT molecular complexity index is 662. The molecule has 0 spiro atoms.